The molecule has 0 fully saturated rings. The Balaban J connectivity index is 2.22. The highest BCUT2D eigenvalue weighted by atomic mass is 19.1. The van der Waals surface area contributed by atoms with Crippen LogP contribution in [-0.2, 0) is 9.59 Å². The van der Waals surface area contributed by atoms with Crippen LogP contribution in [0.1, 0.15) is 12.5 Å². The van der Waals surface area contributed by atoms with E-state index in [2.05, 4.69) is 4.99 Å². The number of hydrogen-bond donors (Lipinski definition) is 2. The van der Waals surface area contributed by atoms with Gasteiger partial charge in [0.2, 0.25) is 0 Å². The minimum absolute atomic E-state index is 0.213. The molecular weight excluding hydrogens is 327 g/mol. The third kappa shape index (κ3) is 2.73. The molecule has 0 amide bonds. The zero-order chi connectivity index (χ0) is 18.2. The Kier molecular flexibility index (Phi) is 4.00. The van der Waals surface area contributed by atoms with Crippen LogP contribution >= 0.6 is 0 Å². The van der Waals surface area contributed by atoms with E-state index in [-0.39, 0.29) is 5.84 Å². The molecule has 128 valence electrons. The topological polar surface area (TPSA) is 90.2 Å². The summed E-state index contributed by atoms with van der Waals surface area (Å²) < 4.78 is 13.3. The number of carboxylic acids is 2. The van der Waals surface area contributed by atoms with Gasteiger partial charge in [-0.25, -0.2) is 19.0 Å². The van der Waals surface area contributed by atoms with Gasteiger partial charge >= 0.3 is 11.9 Å². The monoisotopic (exact) mass is 342 g/mol. The SMILES string of the molecule is CC1(C(=O)O)N=C(c2ccccc2)N(c2ccc(F)cc2)C1C(=O)O. The van der Waals surface area contributed by atoms with Gasteiger partial charge in [0, 0.05) is 11.3 Å². The number of halogens is 1. The zero-order valence-electron chi connectivity index (χ0n) is 13.3. The summed E-state index contributed by atoms with van der Waals surface area (Å²) in [5.74, 6) is -2.94. The second-order valence-electron chi connectivity index (χ2n) is 5.84. The number of carbonyl (C=O) groups is 2. The lowest BCUT2D eigenvalue weighted by molar-refractivity contribution is -0.149. The van der Waals surface area contributed by atoms with Crippen LogP contribution in [0.25, 0.3) is 0 Å². The second-order valence-corrected chi connectivity index (χ2v) is 5.84. The third-order valence-corrected chi connectivity index (χ3v) is 4.16. The van der Waals surface area contributed by atoms with E-state index >= 15 is 0 Å². The average Bonchev–Trinajstić information content (AvgIpc) is 2.91. The Morgan fingerprint density at radius 2 is 1.68 bits per heavy atom. The van der Waals surface area contributed by atoms with Crippen LogP contribution in [0.2, 0.25) is 0 Å². The van der Waals surface area contributed by atoms with Gasteiger partial charge < -0.3 is 15.1 Å². The van der Waals surface area contributed by atoms with Crippen LogP contribution in [0.4, 0.5) is 10.1 Å². The van der Waals surface area contributed by atoms with Crippen LogP contribution < -0.4 is 4.90 Å². The largest absolute Gasteiger partial charge is 0.480 e. The Hall–Kier alpha value is -3.22. The molecule has 3 rings (SSSR count). The van der Waals surface area contributed by atoms with Gasteiger partial charge in [-0.3, -0.25) is 0 Å². The summed E-state index contributed by atoms with van der Waals surface area (Å²) in [5, 5.41) is 19.3. The van der Waals surface area contributed by atoms with E-state index in [1.54, 1.807) is 30.3 Å². The van der Waals surface area contributed by atoms with Gasteiger partial charge in [0.05, 0.1) is 0 Å². The lowest BCUT2D eigenvalue weighted by atomic mass is 9.93. The molecule has 0 saturated heterocycles. The van der Waals surface area contributed by atoms with E-state index in [4.69, 9.17) is 0 Å². The normalized spacial score (nSPS) is 22.6. The fourth-order valence-corrected chi connectivity index (χ4v) is 2.89. The maximum atomic E-state index is 13.3. The smallest absolute Gasteiger partial charge is 0.334 e. The Morgan fingerprint density at radius 1 is 1.08 bits per heavy atom. The number of benzene rings is 2. The van der Waals surface area contributed by atoms with Crippen LogP contribution in [0, 0.1) is 5.82 Å². The fraction of sp³-hybridized carbons (Fsp3) is 0.167. The minimum Gasteiger partial charge on any atom is -0.480 e. The standard InChI is InChI=1S/C18H15FN2O4/c1-18(17(24)25)14(16(22)23)21(13-9-7-12(19)8-10-13)15(20-18)11-5-3-2-4-6-11/h2-10,14H,1H3,(H,22,23)(H,24,25). The number of aliphatic imine (C=N–C) groups is 1. The number of nitrogens with zero attached hydrogens (tertiary/aromatic N) is 2. The summed E-state index contributed by atoms with van der Waals surface area (Å²) in [5.41, 5.74) is -0.963. The molecule has 6 nitrogen and oxygen atoms in total. The molecule has 2 atom stereocenters. The van der Waals surface area contributed by atoms with Crippen LogP contribution in [0.15, 0.2) is 59.6 Å². The number of amidine groups is 1. The first-order chi connectivity index (χ1) is 11.8. The van der Waals surface area contributed by atoms with Gasteiger partial charge in [-0.2, -0.15) is 0 Å². The first-order valence-electron chi connectivity index (χ1n) is 7.51. The molecule has 1 aliphatic heterocycles. The Morgan fingerprint density at radius 3 is 2.20 bits per heavy atom. The van der Waals surface area contributed by atoms with E-state index in [1.807, 2.05) is 0 Å². The number of hydrogen-bond acceptors (Lipinski definition) is 4. The highest BCUT2D eigenvalue weighted by Gasteiger charge is 2.55. The van der Waals surface area contributed by atoms with Crippen LogP contribution in [0.5, 0.6) is 0 Å². The van der Waals surface area contributed by atoms with Gasteiger partial charge in [-0.1, -0.05) is 30.3 Å². The minimum atomic E-state index is -1.88. The van der Waals surface area contributed by atoms with Crippen molar-refractivity contribution in [2.45, 2.75) is 18.5 Å². The second kappa shape index (κ2) is 6.01. The summed E-state index contributed by atoms with van der Waals surface area (Å²) in [6.45, 7) is 1.26. The van der Waals surface area contributed by atoms with E-state index in [1.165, 1.54) is 36.1 Å². The van der Waals surface area contributed by atoms with Gasteiger partial charge in [0.15, 0.2) is 11.6 Å². The van der Waals surface area contributed by atoms with Crippen molar-refractivity contribution in [2.75, 3.05) is 4.90 Å². The predicted octanol–water partition coefficient (Wildman–Crippen LogP) is 2.39. The van der Waals surface area contributed by atoms with Gasteiger partial charge in [0.25, 0.3) is 0 Å². The number of rotatable bonds is 4. The van der Waals surface area contributed by atoms with Crippen molar-refractivity contribution in [1.82, 2.24) is 0 Å². The maximum absolute atomic E-state index is 13.3. The molecule has 1 aliphatic rings. The molecule has 0 aliphatic carbocycles. The molecule has 0 aromatic heterocycles. The summed E-state index contributed by atoms with van der Waals surface area (Å²) in [4.78, 5) is 29.3. The molecule has 0 spiro atoms. The van der Waals surface area contributed by atoms with Crippen LogP contribution in [-0.4, -0.2) is 39.6 Å². The Labute approximate surface area is 142 Å². The summed E-state index contributed by atoms with van der Waals surface area (Å²) in [6, 6.07) is 12.4. The van der Waals surface area contributed by atoms with Crippen molar-refractivity contribution < 1.29 is 24.2 Å². The van der Waals surface area contributed by atoms with Crippen molar-refractivity contribution in [2.24, 2.45) is 4.99 Å². The highest BCUT2D eigenvalue weighted by molar-refractivity contribution is 6.17. The number of anilines is 1. The molecular formula is C18H15FN2O4. The lowest BCUT2D eigenvalue weighted by Crippen LogP contribution is -2.54. The molecule has 0 saturated carbocycles. The van der Waals surface area contributed by atoms with Crippen molar-refractivity contribution >= 4 is 23.5 Å². The molecule has 0 bridgehead atoms. The van der Waals surface area contributed by atoms with E-state index in [9.17, 15) is 24.2 Å². The molecule has 1 heterocycles. The van der Waals surface area contributed by atoms with Crippen molar-refractivity contribution in [1.29, 1.82) is 0 Å². The lowest BCUT2D eigenvalue weighted by Gasteiger charge is -2.30. The molecule has 25 heavy (non-hydrogen) atoms. The zero-order valence-corrected chi connectivity index (χ0v) is 13.3. The third-order valence-electron chi connectivity index (χ3n) is 4.16. The average molecular weight is 342 g/mol. The summed E-state index contributed by atoms with van der Waals surface area (Å²) in [7, 11) is 0. The van der Waals surface area contributed by atoms with Gasteiger partial charge in [-0.15, -0.1) is 0 Å². The molecule has 2 aromatic carbocycles. The van der Waals surface area contributed by atoms with Crippen molar-refractivity contribution in [3.63, 3.8) is 0 Å². The van der Waals surface area contributed by atoms with Crippen molar-refractivity contribution in [3.05, 3.63) is 66.0 Å². The van der Waals surface area contributed by atoms with E-state index in [0.29, 0.717) is 11.3 Å². The quantitative estimate of drug-likeness (QED) is 0.890. The van der Waals surface area contributed by atoms with Crippen LogP contribution in [0.3, 0.4) is 0 Å². The first-order valence-corrected chi connectivity index (χ1v) is 7.51. The summed E-state index contributed by atoms with van der Waals surface area (Å²) >= 11 is 0. The first kappa shape index (κ1) is 16.6. The molecule has 2 N–H and O–H groups in total. The Bertz CT molecular complexity index is 851. The molecule has 0 radical (unpaired) electrons. The number of carboxylic acid groups (broad SMARTS) is 2. The molecule has 2 unspecified atom stereocenters. The molecule has 7 heteroatoms. The summed E-state index contributed by atoms with van der Waals surface area (Å²) in [6.07, 6.45) is 0. The van der Waals surface area contributed by atoms with E-state index < -0.39 is 29.3 Å². The number of aliphatic carboxylic acids is 2. The fourth-order valence-electron chi connectivity index (χ4n) is 2.89. The van der Waals surface area contributed by atoms with Gasteiger partial charge in [0.1, 0.15) is 11.7 Å². The van der Waals surface area contributed by atoms with Crippen molar-refractivity contribution in [3.8, 4) is 0 Å². The van der Waals surface area contributed by atoms with Gasteiger partial charge in [-0.05, 0) is 31.2 Å². The van der Waals surface area contributed by atoms with E-state index in [0.717, 1.165) is 0 Å². The highest BCUT2D eigenvalue weighted by Crippen LogP contribution is 2.35. The molecule has 2 aromatic rings. The predicted molar refractivity (Wildman–Crippen MR) is 89.3 cm³/mol. The maximum Gasteiger partial charge on any atom is 0.334 e.